The third kappa shape index (κ3) is 57.9. The molecule has 0 bridgehead atoms. The predicted molar refractivity (Wildman–Crippen MR) is 200 cm³/mol. The van der Waals surface area contributed by atoms with E-state index in [9.17, 15) is 33.6 Å². The molecule has 22 nitrogen and oxygen atoms in total. The first-order valence-electron chi connectivity index (χ1n) is 15.9. The summed E-state index contributed by atoms with van der Waals surface area (Å²) < 4.78 is 0. The average molecular weight is 798 g/mol. The second-order valence-electron chi connectivity index (χ2n) is 11.5. The van der Waals surface area contributed by atoms with Gasteiger partial charge in [-0.2, -0.15) is 11.8 Å². The molecule has 0 saturated carbocycles. The number of hydrogen-bond acceptors (Lipinski definition) is 16. The van der Waals surface area contributed by atoms with Crippen LogP contribution in [-0.2, 0) is 33.6 Å². The Morgan fingerprint density at radius 3 is 1.02 bits per heavy atom. The van der Waals surface area contributed by atoms with Crippen LogP contribution in [0.1, 0.15) is 67.7 Å². The van der Waals surface area contributed by atoms with Gasteiger partial charge in [-0.05, 0) is 49.5 Å². The number of carboxylic acids is 7. The fourth-order valence-electron chi connectivity index (χ4n) is 1.84. The first kappa shape index (κ1) is 64.3. The van der Waals surface area contributed by atoms with Crippen molar-refractivity contribution in [2.75, 3.05) is 25.2 Å². The Labute approximate surface area is 314 Å². The zero-order chi connectivity index (χ0) is 44.2. The van der Waals surface area contributed by atoms with E-state index in [-0.39, 0.29) is 18.4 Å². The number of carbonyl (C=O) groups is 7. The van der Waals surface area contributed by atoms with Crippen molar-refractivity contribution in [3.8, 4) is 0 Å². The van der Waals surface area contributed by atoms with Crippen LogP contribution in [0.25, 0.3) is 0 Å². The molecule has 0 aromatic carbocycles. The van der Waals surface area contributed by atoms with Gasteiger partial charge in [0.15, 0.2) is 0 Å². The summed E-state index contributed by atoms with van der Waals surface area (Å²) in [4.78, 5) is 68.8. The average Bonchev–Trinajstić information content (AvgIpc) is 3.06. The van der Waals surface area contributed by atoms with Gasteiger partial charge in [-0.3, -0.25) is 33.6 Å². The van der Waals surface area contributed by atoms with Crippen molar-refractivity contribution >= 4 is 53.5 Å². The van der Waals surface area contributed by atoms with Crippen LogP contribution >= 0.6 is 11.8 Å². The number of rotatable bonds is 16. The molecular formula is C30H67N7O15S. The molecule has 0 aliphatic heterocycles. The van der Waals surface area contributed by atoms with Crippen molar-refractivity contribution < 1.29 is 74.4 Å². The zero-order valence-corrected chi connectivity index (χ0v) is 32.6. The molecule has 0 aromatic rings. The molecule has 53 heavy (non-hydrogen) atoms. The number of hydrogen-bond donors (Lipinski definition) is 15. The van der Waals surface area contributed by atoms with Crippen molar-refractivity contribution in [2.45, 2.75) is 104 Å². The highest BCUT2D eigenvalue weighted by molar-refractivity contribution is 7.98. The molecule has 0 aliphatic carbocycles. The van der Waals surface area contributed by atoms with E-state index in [4.69, 9.17) is 75.3 Å². The summed E-state index contributed by atoms with van der Waals surface area (Å²) in [5.41, 5.74) is 35.0. The highest BCUT2D eigenvalue weighted by Crippen LogP contribution is 2.04. The van der Waals surface area contributed by atoms with Crippen LogP contribution in [0.2, 0.25) is 0 Å². The van der Waals surface area contributed by atoms with Gasteiger partial charge < -0.3 is 81.0 Å². The summed E-state index contributed by atoms with van der Waals surface area (Å²) >= 11 is 1.60. The minimum Gasteiger partial charge on any atom is -0.480 e. The molecule has 0 fully saturated rings. The molecule has 0 heterocycles. The molecule has 0 amide bonds. The highest BCUT2D eigenvalue weighted by atomic mass is 32.2. The zero-order valence-electron chi connectivity index (χ0n) is 31.8. The molecule has 0 rings (SSSR count). The van der Waals surface area contributed by atoms with Crippen molar-refractivity contribution in [3.05, 3.63) is 0 Å². The number of aliphatic hydroxyl groups excluding tert-OH is 1. The van der Waals surface area contributed by atoms with Crippen LogP contribution in [0, 0.1) is 17.8 Å². The van der Waals surface area contributed by atoms with Crippen LogP contribution in [0.3, 0.4) is 0 Å². The number of aliphatic hydroxyl groups is 1. The summed E-state index contributed by atoms with van der Waals surface area (Å²) in [6.07, 6.45) is 3.84. The van der Waals surface area contributed by atoms with Gasteiger partial charge in [0.1, 0.15) is 36.3 Å². The van der Waals surface area contributed by atoms with E-state index >= 15 is 0 Å². The lowest BCUT2D eigenvalue weighted by Crippen LogP contribution is -2.36. The fraction of sp³-hybridized carbons (Fsp3) is 0.767. The fourth-order valence-corrected chi connectivity index (χ4v) is 2.33. The third-order valence-electron chi connectivity index (χ3n) is 5.62. The van der Waals surface area contributed by atoms with Crippen molar-refractivity contribution in [3.63, 3.8) is 0 Å². The Morgan fingerprint density at radius 1 is 0.585 bits per heavy atom. The number of thioether (sulfide) groups is 1. The van der Waals surface area contributed by atoms with Gasteiger partial charge in [-0.15, -0.1) is 0 Å². The molecule has 22 N–H and O–H groups in total. The molecule has 0 aliphatic rings. The third-order valence-corrected chi connectivity index (χ3v) is 6.26. The number of nitrogens with two attached hydrogens (primary N) is 7. The monoisotopic (exact) mass is 797 g/mol. The topological polar surface area (TPSA) is 463 Å². The molecule has 0 spiro atoms. The van der Waals surface area contributed by atoms with Crippen molar-refractivity contribution in [1.29, 1.82) is 0 Å². The molecule has 0 radical (unpaired) electrons. The van der Waals surface area contributed by atoms with Gasteiger partial charge in [0.05, 0.1) is 13.2 Å². The van der Waals surface area contributed by atoms with E-state index in [1.165, 1.54) is 6.92 Å². The van der Waals surface area contributed by atoms with E-state index in [1.807, 2.05) is 34.0 Å². The Bertz CT molecular complexity index is 994. The molecule has 0 aromatic heterocycles. The van der Waals surface area contributed by atoms with E-state index in [2.05, 4.69) is 5.73 Å². The molecule has 318 valence electrons. The van der Waals surface area contributed by atoms with Crippen molar-refractivity contribution in [2.24, 2.45) is 57.9 Å². The summed E-state index contributed by atoms with van der Waals surface area (Å²) in [6, 6.07) is -4.64. The molecule has 0 saturated heterocycles. The lowest BCUT2D eigenvalue weighted by molar-refractivity contribution is -0.140. The lowest BCUT2D eigenvalue weighted by Gasteiger charge is -2.11. The standard InChI is InChI=1S/2C6H13NO2.C5H11NO2S.C5H11NO2.C3H7NO3.C3H7NO2.C2H5NO2/c1-4(2)3-5(7)6(8)9;1-3-4(2)5(7)6(8)9;1-9-3-2-4(6)5(7)8;1-3(2)4(6)5(7)8;4-2(1-5)3(6)7;1-2(4)3(5)6;3-1-2(4)5/h2*4-5H,3,7H2,1-2H3,(H,8,9);4H,2-3,6H2,1H3,(H,7,8);3-4H,6H2,1-2H3,(H,7,8);2,5H,1,4H2,(H,6,7);2H,4H2,1H3,(H,5,6);1,3H2,(H,4,5)/t5-;4-,5-;2*4-;2*2-;/m000000./s1. The highest BCUT2D eigenvalue weighted by Gasteiger charge is 2.17. The smallest absolute Gasteiger partial charge is 0.322 e. The Hall–Kier alpha value is -3.68. The minimum absolute atomic E-state index is 0.0208. The predicted octanol–water partition coefficient (Wildman–Crippen LogP) is -2.07. The van der Waals surface area contributed by atoms with Crippen LogP contribution < -0.4 is 40.1 Å². The maximum atomic E-state index is 10.2. The first-order chi connectivity index (χ1) is 24.0. The summed E-state index contributed by atoms with van der Waals surface area (Å²) in [6.45, 7) is 11.8. The number of carboxylic acid groups (broad SMARTS) is 7. The maximum Gasteiger partial charge on any atom is 0.322 e. The Kier molecular flexibility index (Phi) is 49.8. The van der Waals surface area contributed by atoms with Crippen LogP contribution in [0.4, 0.5) is 0 Å². The van der Waals surface area contributed by atoms with Gasteiger partial charge in [0.2, 0.25) is 0 Å². The molecule has 23 heteroatoms. The SMILES string of the molecule is CC(C)C[C@H](N)C(=O)O.CC(C)[C@H](N)C(=O)O.CC[C@H](C)[C@H](N)C(=O)O.CSCC[C@H](N)C(=O)O.C[C@H](N)C(=O)O.NCC(=O)O.N[C@@H](CO)C(=O)O. The second-order valence-corrected chi connectivity index (χ2v) is 12.5. The summed E-state index contributed by atoms with van der Waals surface area (Å²) in [7, 11) is 0. The minimum atomic E-state index is -1.18. The van der Waals surface area contributed by atoms with Gasteiger partial charge in [0.25, 0.3) is 0 Å². The molecular weight excluding hydrogens is 730 g/mol. The maximum absolute atomic E-state index is 10.2. The normalized spacial score (nSPS) is 13.5. The van der Waals surface area contributed by atoms with Crippen molar-refractivity contribution in [1.82, 2.24) is 0 Å². The van der Waals surface area contributed by atoms with Gasteiger partial charge in [-0.1, -0.05) is 48.0 Å². The van der Waals surface area contributed by atoms with Crippen LogP contribution in [-0.4, -0.2) is 144 Å². The second kappa shape index (κ2) is 41.1. The van der Waals surface area contributed by atoms with Gasteiger partial charge in [0, 0.05) is 0 Å². The van der Waals surface area contributed by atoms with Gasteiger partial charge in [-0.25, -0.2) is 0 Å². The Balaban J connectivity index is -0.0000000939. The van der Waals surface area contributed by atoms with Gasteiger partial charge >= 0.3 is 41.8 Å². The Morgan fingerprint density at radius 2 is 0.925 bits per heavy atom. The first-order valence-corrected chi connectivity index (χ1v) is 17.3. The molecule has 7 atom stereocenters. The summed E-state index contributed by atoms with van der Waals surface area (Å²) in [5, 5.41) is 64.5. The molecule has 0 unspecified atom stereocenters. The van der Waals surface area contributed by atoms with E-state index in [1.54, 1.807) is 25.6 Å². The van der Waals surface area contributed by atoms with E-state index < -0.39 is 84.6 Å². The van der Waals surface area contributed by atoms with Crippen LogP contribution in [0.15, 0.2) is 0 Å². The van der Waals surface area contributed by atoms with Crippen LogP contribution in [0.5, 0.6) is 0 Å². The van der Waals surface area contributed by atoms with E-state index in [0.717, 1.165) is 12.2 Å². The lowest BCUT2D eigenvalue weighted by atomic mass is 10.0. The summed E-state index contributed by atoms with van der Waals surface area (Å²) in [5.74, 6) is -5.52. The largest absolute Gasteiger partial charge is 0.480 e. The quantitative estimate of drug-likeness (QED) is 0.0797. The number of aliphatic carboxylic acids is 7. The van der Waals surface area contributed by atoms with E-state index in [0.29, 0.717) is 18.8 Å².